The minimum Gasteiger partial charge on any atom is -0.353 e. The molecule has 0 radical (unpaired) electrons. The molecule has 0 spiro atoms. The van der Waals surface area contributed by atoms with Crippen molar-refractivity contribution < 1.29 is 4.79 Å². The summed E-state index contributed by atoms with van der Waals surface area (Å²) < 4.78 is 0. The van der Waals surface area contributed by atoms with Gasteiger partial charge in [0.15, 0.2) is 0 Å². The summed E-state index contributed by atoms with van der Waals surface area (Å²) in [6.07, 6.45) is 4.49. The monoisotopic (exact) mass is 326 g/mol. The van der Waals surface area contributed by atoms with Gasteiger partial charge in [-0.15, -0.1) is 11.3 Å². The molecule has 0 saturated carbocycles. The SMILES string of the molecule is CC[C@@H]1CCc2c(sc3c2C(=O)N[C@H](c2ccccc2C)N3)C1. The minimum atomic E-state index is -0.127. The molecule has 1 amide bonds. The first-order chi connectivity index (χ1) is 11.2. The number of carbonyl (C=O) groups is 1. The molecule has 1 aliphatic carbocycles. The molecule has 1 aromatic heterocycles. The average Bonchev–Trinajstić information content (AvgIpc) is 2.92. The molecule has 1 aromatic carbocycles. The zero-order valence-corrected chi connectivity index (χ0v) is 14.4. The van der Waals surface area contributed by atoms with Crippen LogP contribution in [0, 0.1) is 12.8 Å². The fourth-order valence-electron chi connectivity index (χ4n) is 3.78. The minimum absolute atomic E-state index is 0.0828. The maximum atomic E-state index is 12.7. The summed E-state index contributed by atoms with van der Waals surface area (Å²) >= 11 is 1.79. The second-order valence-electron chi connectivity index (χ2n) is 6.63. The standard InChI is InChI=1S/C19H22N2OS/c1-3-12-8-9-14-15(10-12)23-19-16(14)18(22)20-17(21-19)13-7-5-4-6-11(13)2/h4-7,12,17,21H,3,8-10H2,1-2H3,(H,20,22)/t12-,17+/m1/s1. The number of rotatable bonds is 2. The normalized spacial score (nSPS) is 22.8. The molecular weight excluding hydrogens is 304 g/mol. The predicted molar refractivity (Wildman–Crippen MR) is 95.1 cm³/mol. The molecule has 2 N–H and O–H groups in total. The van der Waals surface area contributed by atoms with Gasteiger partial charge in [0.25, 0.3) is 5.91 Å². The number of fused-ring (bicyclic) bond motifs is 3. The van der Waals surface area contributed by atoms with Gasteiger partial charge in [0, 0.05) is 4.88 Å². The highest BCUT2D eigenvalue weighted by molar-refractivity contribution is 7.16. The van der Waals surface area contributed by atoms with E-state index in [1.807, 2.05) is 12.1 Å². The molecule has 3 nitrogen and oxygen atoms in total. The number of thiophene rings is 1. The Kier molecular flexibility index (Phi) is 3.64. The van der Waals surface area contributed by atoms with E-state index in [2.05, 4.69) is 36.6 Å². The number of anilines is 1. The van der Waals surface area contributed by atoms with E-state index >= 15 is 0 Å². The third-order valence-corrected chi connectivity index (χ3v) is 6.41. The summed E-state index contributed by atoms with van der Waals surface area (Å²) in [6.45, 7) is 4.35. The number of benzene rings is 1. The van der Waals surface area contributed by atoms with Crippen molar-refractivity contribution in [2.24, 2.45) is 5.92 Å². The molecule has 0 saturated heterocycles. The molecule has 0 bridgehead atoms. The molecule has 2 aromatic rings. The van der Waals surface area contributed by atoms with Crippen molar-refractivity contribution in [1.82, 2.24) is 5.32 Å². The third-order valence-electron chi connectivity index (χ3n) is 5.22. The van der Waals surface area contributed by atoms with Gasteiger partial charge in [-0.05, 0) is 48.8 Å². The first-order valence-corrected chi connectivity index (χ1v) is 9.26. The third kappa shape index (κ3) is 2.45. The summed E-state index contributed by atoms with van der Waals surface area (Å²) in [7, 11) is 0. The largest absolute Gasteiger partial charge is 0.353 e. The fourth-order valence-corrected chi connectivity index (χ4v) is 5.17. The summed E-state index contributed by atoms with van der Waals surface area (Å²) in [4.78, 5) is 14.1. The van der Waals surface area contributed by atoms with Crippen LogP contribution in [0.1, 0.15) is 57.9 Å². The number of aryl methyl sites for hydroxylation is 1. The number of hydrogen-bond donors (Lipinski definition) is 2. The molecule has 4 rings (SSSR count). The quantitative estimate of drug-likeness (QED) is 0.857. The van der Waals surface area contributed by atoms with Crippen molar-refractivity contribution in [3.8, 4) is 0 Å². The first-order valence-electron chi connectivity index (χ1n) is 8.44. The van der Waals surface area contributed by atoms with Crippen molar-refractivity contribution >= 4 is 22.2 Å². The Morgan fingerprint density at radius 1 is 1.26 bits per heavy atom. The molecule has 23 heavy (non-hydrogen) atoms. The van der Waals surface area contributed by atoms with Gasteiger partial charge in [0.2, 0.25) is 0 Å². The van der Waals surface area contributed by atoms with Gasteiger partial charge in [0.1, 0.15) is 11.2 Å². The van der Waals surface area contributed by atoms with Crippen LogP contribution in [0.2, 0.25) is 0 Å². The van der Waals surface area contributed by atoms with Gasteiger partial charge in [0.05, 0.1) is 5.56 Å². The lowest BCUT2D eigenvalue weighted by Crippen LogP contribution is -2.38. The van der Waals surface area contributed by atoms with Crippen LogP contribution in [-0.4, -0.2) is 5.91 Å². The summed E-state index contributed by atoms with van der Waals surface area (Å²) in [5.41, 5.74) is 4.54. The van der Waals surface area contributed by atoms with Gasteiger partial charge < -0.3 is 10.6 Å². The molecule has 0 fully saturated rings. The topological polar surface area (TPSA) is 41.1 Å². The van der Waals surface area contributed by atoms with Crippen molar-refractivity contribution in [3.05, 3.63) is 51.4 Å². The Bertz CT molecular complexity index is 765. The number of amides is 1. The van der Waals surface area contributed by atoms with Gasteiger partial charge >= 0.3 is 0 Å². The van der Waals surface area contributed by atoms with Crippen LogP contribution in [0.5, 0.6) is 0 Å². The second-order valence-corrected chi connectivity index (χ2v) is 7.74. The second kappa shape index (κ2) is 5.68. The summed E-state index contributed by atoms with van der Waals surface area (Å²) in [5.74, 6) is 0.859. The van der Waals surface area contributed by atoms with Crippen LogP contribution in [-0.2, 0) is 12.8 Å². The summed E-state index contributed by atoms with van der Waals surface area (Å²) in [5, 5.41) is 7.77. The van der Waals surface area contributed by atoms with Crippen molar-refractivity contribution in [3.63, 3.8) is 0 Å². The van der Waals surface area contributed by atoms with Crippen LogP contribution in [0.15, 0.2) is 24.3 Å². The van der Waals surface area contributed by atoms with E-state index < -0.39 is 0 Å². The Hall–Kier alpha value is -1.81. The first kappa shape index (κ1) is 14.8. The Morgan fingerprint density at radius 3 is 2.87 bits per heavy atom. The Balaban J connectivity index is 1.69. The molecule has 2 heterocycles. The van der Waals surface area contributed by atoms with E-state index in [4.69, 9.17) is 0 Å². The molecule has 0 unspecified atom stereocenters. The fraction of sp³-hybridized carbons (Fsp3) is 0.421. The zero-order valence-electron chi connectivity index (χ0n) is 13.6. The maximum absolute atomic E-state index is 12.7. The van der Waals surface area contributed by atoms with E-state index in [9.17, 15) is 4.79 Å². The van der Waals surface area contributed by atoms with Gasteiger partial charge in [-0.25, -0.2) is 0 Å². The smallest absolute Gasteiger partial charge is 0.256 e. The maximum Gasteiger partial charge on any atom is 0.256 e. The highest BCUT2D eigenvalue weighted by Gasteiger charge is 2.33. The van der Waals surface area contributed by atoms with E-state index in [0.29, 0.717) is 0 Å². The zero-order chi connectivity index (χ0) is 16.0. The number of hydrogen-bond acceptors (Lipinski definition) is 3. The predicted octanol–water partition coefficient (Wildman–Crippen LogP) is 4.43. The molecule has 2 aliphatic rings. The van der Waals surface area contributed by atoms with Crippen molar-refractivity contribution in [1.29, 1.82) is 0 Å². The average molecular weight is 326 g/mol. The molecule has 2 atom stereocenters. The van der Waals surface area contributed by atoms with E-state index in [-0.39, 0.29) is 12.1 Å². The van der Waals surface area contributed by atoms with Gasteiger partial charge in [-0.1, -0.05) is 37.6 Å². The Labute approximate surface area is 141 Å². The van der Waals surface area contributed by atoms with Gasteiger partial charge in [-0.3, -0.25) is 4.79 Å². The Morgan fingerprint density at radius 2 is 2.09 bits per heavy atom. The lowest BCUT2D eigenvalue weighted by atomic mass is 9.85. The number of nitrogens with one attached hydrogen (secondary N) is 2. The van der Waals surface area contributed by atoms with Crippen LogP contribution in [0.4, 0.5) is 5.00 Å². The lowest BCUT2D eigenvalue weighted by Gasteiger charge is -2.28. The number of carbonyl (C=O) groups excluding carboxylic acids is 1. The van der Waals surface area contributed by atoms with Crippen molar-refractivity contribution in [2.45, 2.75) is 45.7 Å². The van der Waals surface area contributed by atoms with Gasteiger partial charge in [-0.2, -0.15) is 0 Å². The molecule has 120 valence electrons. The highest BCUT2D eigenvalue weighted by Crippen LogP contribution is 2.43. The van der Waals surface area contributed by atoms with E-state index in [1.54, 1.807) is 11.3 Å². The van der Waals surface area contributed by atoms with Crippen molar-refractivity contribution in [2.75, 3.05) is 5.32 Å². The summed E-state index contributed by atoms with van der Waals surface area (Å²) in [6, 6.07) is 8.23. The molecular formula is C19H22N2OS. The van der Waals surface area contributed by atoms with E-state index in [1.165, 1.54) is 28.8 Å². The molecule has 4 heteroatoms. The van der Waals surface area contributed by atoms with E-state index in [0.717, 1.165) is 34.9 Å². The highest BCUT2D eigenvalue weighted by atomic mass is 32.1. The van der Waals surface area contributed by atoms with Crippen LogP contribution < -0.4 is 10.6 Å². The van der Waals surface area contributed by atoms with Crippen LogP contribution in [0.3, 0.4) is 0 Å². The van der Waals surface area contributed by atoms with Crippen LogP contribution in [0.25, 0.3) is 0 Å². The lowest BCUT2D eigenvalue weighted by molar-refractivity contribution is 0.0935. The molecule has 1 aliphatic heterocycles. The van der Waals surface area contributed by atoms with Crippen LogP contribution >= 0.6 is 11.3 Å².